The highest BCUT2D eigenvalue weighted by molar-refractivity contribution is 5.71. The number of unbranched alkanes of at least 4 members (excludes halogenated alkanes) is 15. The molecule has 0 aromatic rings. The topological polar surface area (TPSA) is 78.9 Å². The van der Waals surface area contributed by atoms with Crippen LogP contribution in [0.4, 0.5) is 0 Å². The molecule has 0 saturated carbocycles. The highest BCUT2D eigenvalue weighted by Gasteiger charge is 2.19. The molecule has 0 heterocycles. The Balaban J connectivity index is 4.26. The minimum Gasteiger partial charge on any atom is -0.462 e. The van der Waals surface area contributed by atoms with Crippen LogP contribution in [0.5, 0.6) is 0 Å². The van der Waals surface area contributed by atoms with Crippen molar-refractivity contribution in [1.29, 1.82) is 0 Å². The predicted molar refractivity (Wildman–Crippen MR) is 338 cm³/mol. The Bertz CT molecular complexity index is 1810. The molecule has 0 rings (SSSR count). The third kappa shape index (κ3) is 61.6. The number of ether oxygens (including phenoxy) is 3. The van der Waals surface area contributed by atoms with Crippen molar-refractivity contribution in [2.75, 3.05) is 13.2 Å². The lowest BCUT2D eigenvalue weighted by Gasteiger charge is -2.18. The van der Waals surface area contributed by atoms with Gasteiger partial charge in [-0.25, -0.2) is 0 Å². The van der Waals surface area contributed by atoms with Crippen LogP contribution in [-0.4, -0.2) is 37.2 Å². The van der Waals surface area contributed by atoms with Crippen molar-refractivity contribution in [2.24, 2.45) is 0 Å². The van der Waals surface area contributed by atoms with Gasteiger partial charge in [-0.15, -0.1) is 0 Å². The highest BCUT2D eigenvalue weighted by atomic mass is 16.6. The SMILES string of the molecule is CC/C=C\C/C=C\C/C=C\C/C=C\C/C=C\C/C=C\C/C=C\C/C=C\C/C=C\CCCCCC(=O)OCC(COC(=O)CCCCCCCC)OC(=O)CCCCCCCCC/C=C\C/C=C\C/C=C\C/C=C\C/C=C\CC. The molecule has 6 nitrogen and oxygen atoms in total. The standard InChI is InChI=1S/C72H112O6/c1-4-7-10-13-16-18-20-22-24-26-28-30-32-33-34-35-36-37-38-39-41-42-44-46-48-50-52-54-56-59-62-65-71(74)77-68-69(67-76-70(73)64-61-58-15-12-9-6-3)78-72(75)66-63-60-57-55-53-51-49-47-45-43-40-31-29-27-25-23-21-19-17-14-11-8-5-2/h7-8,10-11,16-19,22-25,28-31,33-34,36-37,39,41,43-46,50,52,69H,4-6,9,12-15,20-21,26-27,32,35,38,40,42,47-49,51,53-68H2,1-3H3/b10-7-,11-8-,18-16-,19-17-,24-22-,25-23-,30-28-,31-29-,34-33-,37-36-,41-39-,45-43-,46-44-,52-50-. The van der Waals surface area contributed by atoms with Crippen LogP contribution in [0.2, 0.25) is 0 Å². The van der Waals surface area contributed by atoms with Crippen LogP contribution in [0.1, 0.15) is 245 Å². The van der Waals surface area contributed by atoms with Crippen molar-refractivity contribution >= 4 is 17.9 Å². The first-order valence-corrected chi connectivity index (χ1v) is 31.1. The van der Waals surface area contributed by atoms with E-state index in [9.17, 15) is 14.4 Å². The molecule has 78 heavy (non-hydrogen) atoms. The predicted octanol–water partition coefficient (Wildman–Crippen LogP) is 21.5. The summed E-state index contributed by atoms with van der Waals surface area (Å²) in [5.74, 6) is -0.964. The summed E-state index contributed by atoms with van der Waals surface area (Å²) >= 11 is 0. The Kier molecular flexibility index (Phi) is 60.0. The largest absolute Gasteiger partial charge is 0.462 e. The zero-order valence-electron chi connectivity index (χ0n) is 49.9. The van der Waals surface area contributed by atoms with E-state index in [0.717, 1.165) is 167 Å². The van der Waals surface area contributed by atoms with E-state index in [1.807, 2.05) is 0 Å². The number of hydrogen-bond acceptors (Lipinski definition) is 6. The second-order valence-corrected chi connectivity index (χ2v) is 19.9. The first-order valence-electron chi connectivity index (χ1n) is 31.1. The molecule has 0 bridgehead atoms. The zero-order valence-corrected chi connectivity index (χ0v) is 49.9. The van der Waals surface area contributed by atoms with E-state index in [1.165, 1.54) is 38.5 Å². The molecule has 6 heteroatoms. The third-order valence-electron chi connectivity index (χ3n) is 12.5. The Morgan fingerprint density at radius 2 is 0.500 bits per heavy atom. The van der Waals surface area contributed by atoms with Crippen LogP contribution in [0.3, 0.4) is 0 Å². The first kappa shape index (κ1) is 72.8. The van der Waals surface area contributed by atoms with Gasteiger partial charge < -0.3 is 14.2 Å². The Hall–Kier alpha value is -5.23. The van der Waals surface area contributed by atoms with Gasteiger partial charge in [0.15, 0.2) is 6.10 Å². The van der Waals surface area contributed by atoms with Gasteiger partial charge in [-0.2, -0.15) is 0 Å². The zero-order chi connectivity index (χ0) is 56.4. The third-order valence-corrected chi connectivity index (χ3v) is 12.5. The lowest BCUT2D eigenvalue weighted by atomic mass is 10.1. The number of carbonyl (C=O) groups excluding carboxylic acids is 3. The van der Waals surface area contributed by atoms with Gasteiger partial charge in [0.1, 0.15) is 13.2 Å². The quantitative estimate of drug-likeness (QED) is 0.0261. The number of rotatable bonds is 54. The van der Waals surface area contributed by atoms with Gasteiger partial charge in [0.2, 0.25) is 0 Å². The molecule has 0 aliphatic carbocycles. The normalized spacial score (nSPS) is 13.3. The lowest BCUT2D eigenvalue weighted by Crippen LogP contribution is -2.30. The number of esters is 3. The van der Waals surface area contributed by atoms with Crippen molar-refractivity contribution in [1.82, 2.24) is 0 Å². The molecule has 0 aliphatic rings. The van der Waals surface area contributed by atoms with E-state index in [1.54, 1.807) is 0 Å². The Morgan fingerprint density at radius 3 is 0.795 bits per heavy atom. The highest BCUT2D eigenvalue weighted by Crippen LogP contribution is 2.13. The van der Waals surface area contributed by atoms with E-state index in [-0.39, 0.29) is 31.1 Å². The summed E-state index contributed by atoms with van der Waals surface area (Å²) in [7, 11) is 0. The minimum absolute atomic E-state index is 0.101. The van der Waals surface area contributed by atoms with Gasteiger partial charge >= 0.3 is 17.9 Å². The van der Waals surface area contributed by atoms with Crippen LogP contribution >= 0.6 is 0 Å². The van der Waals surface area contributed by atoms with Crippen molar-refractivity contribution in [3.05, 3.63) is 170 Å². The molecular weight excluding hydrogens is 961 g/mol. The first-order chi connectivity index (χ1) is 38.5. The molecule has 0 radical (unpaired) electrons. The van der Waals surface area contributed by atoms with Crippen LogP contribution in [0.15, 0.2) is 170 Å². The molecule has 0 saturated heterocycles. The van der Waals surface area contributed by atoms with E-state index in [2.05, 4.69) is 191 Å². The summed E-state index contributed by atoms with van der Waals surface area (Å²) in [6, 6.07) is 0. The second-order valence-electron chi connectivity index (χ2n) is 19.9. The molecule has 0 amide bonds. The fourth-order valence-corrected chi connectivity index (χ4v) is 7.87. The van der Waals surface area contributed by atoms with E-state index < -0.39 is 6.10 Å². The van der Waals surface area contributed by atoms with Crippen LogP contribution < -0.4 is 0 Å². The smallest absolute Gasteiger partial charge is 0.306 e. The van der Waals surface area contributed by atoms with Crippen LogP contribution in [0.25, 0.3) is 0 Å². The van der Waals surface area contributed by atoms with Gasteiger partial charge in [-0.3, -0.25) is 14.4 Å². The Labute approximate surface area is 479 Å². The molecular formula is C72H112O6. The van der Waals surface area contributed by atoms with Crippen molar-refractivity contribution in [3.8, 4) is 0 Å². The maximum absolute atomic E-state index is 12.8. The van der Waals surface area contributed by atoms with Gasteiger partial charge in [0, 0.05) is 19.3 Å². The molecule has 1 atom stereocenters. The fourth-order valence-electron chi connectivity index (χ4n) is 7.87. The molecule has 1 unspecified atom stereocenters. The summed E-state index contributed by atoms with van der Waals surface area (Å²) in [6.45, 7) is 6.30. The summed E-state index contributed by atoms with van der Waals surface area (Å²) < 4.78 is 16.7. The molecule has 0 aliphatic heterocycles. The van der Waals surface area contributed by atoms with Crippen LogP contribution in [-0.2, 0) is 28.6 Å². The van der Waals surface area contributed by atoms with E-state index in [0.29, 0.717) is 19.3 Å². The Morgan fingerprint density at radius 1 is 0.269 bits per heavy atom. The van der Waals surface area contributed by atoms with E-state index in [4.69, 9.17) is 14.2 Å². The summed E-state index contributed by atoms with van der Waals surface area (Å²) in [5, 5.41) is 0. The van der Waals surface area contributed by atoms with Crippen molar-refractivity contribution in [2.45, 2.75) is 252 Å². The fraction of sp³-hybridized carbons (Fsp3) is 0.569. The van der Waals surface area contributed by atoms with Crippen LogP contribution in [0, 0.1) is 0 Å². The summed E-state index contributed by atoms with van der Waals surface area (Å²) in [5.41, 5.74) is 0. The van der Waals surface area contributed by atoms with Gasteiger partial charge in [-0.05, 0) is 135 Å². The molecule has 0 N–H and O–H groups in total. The molecule has 0 spiro atoms. The van der Waals surface area contributed by atoms with Gasteiger partial charge in [0.25, 0.3) is 0 Å². The lowest BCUT2D eigenvalue weighted by molar-refractivity contribution is -0.167. The average Bonchev–Trinajstić information content (AvgIpc) is 3.44. The molecule has 0 aromatic carbocycles. The number of allylic oxidation sites excluding steroid dienone is 28. The maximum Gasteiger partial charge on any atom is 0.306 e. The molecule has 0 aromatic heterocycles. The molecule has 436 valence electrons. The number of hydrogen-bond donors (Lipinski definition) is 0. The monoisotopic (exact) mass is 1070 g/mol. The van der Waals surface area contributed by atoms with Crippen molar-refractivity contribution in [3.63, 3.8) is 0 Å². The second kappa shape index (κ2) is 64.3. The summed E-state index contributed by atoms with van der Waals surface area (Å²) in [4.78, 5) is 38.0. The van der Waals surface area contributed by atoms with E-state index >= 15 is 0 Å². The van der Waals surface area contributed by atoms with Gasteiger partial charge in [-0.1, -0.05) is 262 Å². The number of carbonyl (C=O) groups is 3. The maximum atomic E-state index is 12.8. The molecule has 0 fully saturated rings. The minimum atomic E-state index is -0.804. The summed E-state index contributed by atoms with van der Waals surface area (Å²) in [6.07, 6.45) is 95.3. The van der Waals surface area contributed by atoms with Gasteiger partial charge in [0.05, 0.1) is 0 Å². The average molecular weight is 1070 g/mol. The van der Waals surface area contributed by atoms with Crippen molar-refractivity contribution < 1.29 is 28.6 Å².